The van der Waals surface area contributed by atoms with Gasteiger partial charge in [-0.15, -0.1) is 0 Å². The van der Waals surface area contributed by atoms with Crippen LogP contribution in [0.3, 0.4) is 0 Å². The number of carboxylic acids is 1. The number of nitriles is 1. The third-order valence-electron chi connectivity index (χ3n) is 10.3. The molecule has 6 nitrogen and oxygen atoms in total. The Balaban J connectivity index is 1.11. The summed E-state index contributed by atoms with van der Waals surface area (Å²) in [6, 6.07) is 22.8. The Morgan fingerprint density at radius 2 is 1.71 bits per heavy atom. The zero-order valence-electron chi connectivity index (χ0n) is 23.9. The van der Waals surface area contributed by atoms with E-state index >= 15 is 0 Å². The van der Waals surface area contributed by atoms with Crippen LogP contribution in [0.1, 0.15) is 86.4 Å². The van der Waals surface area contributed by atoms with Crippen LogP contribution in [0.25, 0.3) is 11.3 Å². The number of nitrogens with one attached hydrogen (secondary N) is 1. The van der Waals surface area contributed by atoms with Crippen molar-refractivity contribution in [3.63, 3.8) is 0 Å². The smallest absolute Gasteiger partial charge is 0.307 e. The Hall–Kier alpha value is -3.43. The molecule has 1 saturated heterocycles. The van der Waals surface area contributed by atoms with Crippen LogP contribution in [-0.4, -0.2) is 45.8 Å². The number of H-pyrrole nitrogens is 1. The Labute approximate surface area is 243 Å². The lowest BCUT2D eigenvalue weighted by Crippen LogP contribution is -2.37. The van der Waals surface area contributed by atoms with E-state index in [0.717, 1.165) is 69.4 Å². The number of hydrogen-bond acceptors (Lipinski definition) is 4. The molecule has 0 amide bonds. The second kappa shape index (κ2) is 12.6. The molecule has 2 heterocycles. The largest absolute Gasteiger partial charge is 0.481 e. The van der Waals surface area contributed by atoms with Gasteiger partial charge in [-0.1, -0.05) is 61.7 Å². The monoisotopic (exact) mass is 550 g/mol. The molecule has 0 bridgehead atoms. The first-order chi connectivity index (χ1) is 20.1. The van der Waals surface area contributed by atoms with Crippen LogP contribution in [0.4, 0.5) is 0 Å². The quantitative estimate of drug-likeness (QED) is 0.309. The van der Waals surface area contributed by atoms with Gasteiger partial charge in [-0.2, -0.15) is 10.4 Å². The van der Waals surface area contributed by atoms with Crippen molar-refractivity contribution < 1.29 is 9.90 Å². The van der Waals surface area contributed by atoms with Gasteiger partial charge in [-0.05, 0) is 99.0 Å². The van der Waals surface area contributed by atoms with Crippen molar-refractivity contribution >= 4 is 5.97 Å². The fourth-order valence-corrected chi connectivity index (χ4v) is 8.22. The number of aliphatic carboxylic acids is 1. The van der Waals surface area contributed by atoms with Crippen LogP contribution in [-0.2, 0) is 4.79 Å². The minimum absolute atomic E-state index is 0.192. The molecule has 6 rings (SSSR count). The maximum atomic E-state index is 12.6. The minimum atomic E-state index is -0.560. The summed E-state index contributed by atoms with van der Waals surface area (Å²) < 4.78 is 0. The molecule has 2 aliphatic carbocycles. The lowest BCUT2D eigenvalue weighted by molar-refractivity contribution is -0.146. The average molecular weight is 551 g/mol. The van der Waals surface area contributed by atoms with E-state index in [9.17, 15) is 9.90 Å². The predicted octanol–water partition coefficient (Wildman–Crippen LogP) is 7.22. The van der Waals surface area contributed by atoms with Gasteiger partial charge in [0.2, 0.25) is 0 Å². The van der Waals surface area contributed by atoms with Gasteiger partial charge >= 0.3 is 5.97 Å². The molecule has 3 aromatic rings. The first-order valence-corrected chi connectivity index (χ1v) is 15.6. The Morgan fingerprint density at radius 1 is 0.976 bits per heavy atom. The van der Waals surface area contributed by atoms with Gasteiger partial charge in [0.05, 0.1) is 23.2 Å². The van der Waals surface area contributed by atoms with Crippen molar-refractivity contribution in [2.45, 2.75) is 69.6 Å². The van der Waals surface area contributed by atoms with Crippen LogP contribution in [0.15, 0.2) is 60.7 Å². The molecule has 2 aromatic carbocycles. The lowest BCUT2D eigenvalue weighted by atomic mass is 9.73. The van der Waals surface area contributed by atoms with Crippen LogP contribution >= 0.6 is 0 Å². The second-order valence-corrected chi connectivity index (χ2v) is 12.7. The molecule has 1 aromatic heterocycles. The number of piperidine rings is 1. The molecular weight excluding hydrogens is 508 g/mol. The maximum absolute atomic E-state index is 12.6. The predicted molar refractivity (Wildman–Crippen MR) is 160 cm³/mol. The Bertz CT molecular complexity index is 1330. The second-order valence-electron chi connectivity index (χ2n) is 12.7. The third-order valence-corrected chi connectivity index (χ3v) is 10.3. The van der Waals surface area contributed by atoms with Crippen LogP contribution in [0, 0.1) is 35.0 Å². The number of likely N-dealkylation sites (tertiary alicyclic amines) is 1. The molecule has 6 heteroatoms. The van der Waals surface area contributed by atoms with Gasteiger partial charge in [0.15, 0.2) is 0 Å². The number of rotatable bonds is 8. The molecule has 0 radical (unpaired) electrons. The van der Waals surface area contributed by atoms with Crippen LogP contribution in [0.5, 0.6) is 0 Å². The number of benzene rings is 2. The molecule has 1 aliphatic heterocycles. The number of carbonyl (C=O) groups is 1. The van der Waals surface area contributed by atoms with Crippen molar-refractivity contribution in [1.82, 2.24) is 15.1 Å². The summed E-state index contributed by atoms with van der Waals surface area (Å²) in [5.41, 5.74) is 5.20. The summed E-state index contributed by atoms with van der Waals surface area (Å²) in [5, 5.41) is 27.3. The molecule has 3 aliphatic rings. The Morgan fingerprint density at radius 3 is 2.39 bits per heavy atom. The summed E-state index contributed by atoms with van der Waals surface area (Å²) in [4.78, 5) is 15.2. The van der Waals surface area contributed by atoms with E-state index in [4.69, 9.17) is 5.26 Å². The molecule has 41 heavy (non-hydrogen) atoms. The lowest BCUT2D eigenvalue weighted by Gasteiger charge is -2.35. The van der Waals surface area contributed by atoms with E-state index in [1.165, 1.54) is 30.5 Å². The highest BCUT2D eigenvalue weighted by Crippen LogP contribution is 2.50. The topological polar surface area (TPSA) is 93.0 Å². The molecule has 214 valence electrons. The highest BCUT2D eigenvalue weighted by molar-refractivity contribution is 5.71. The zero-order chi connectivity index (χ0) is 28.2. The highest BCUT2D eigenvalue weighted by atomic mass is 16.4. The summed E-state index contributed by atoms with van der Waals surface area (Å²) in [6.45, 7) is 3.17. The van der Waals surface area contributed by atoms with Gasteiger partial charge < -0.3 is 10.0 Å². The SMILES string of the molecule is N#Cc1ccc(-c2cc(C3CCN(CC4CC(C(C(=O)O)C5CCCCC5)CC4c4ccccc4)CC3)[nH]n2)cc1. The van der Waals surface area contributed by atoms with Crippen molar-refractivity contribution in [3.8, 4) is 17.3 Å². The standard InChI is InChI=1S/C35H42N4O2/c36-22-24-11-13-26(14-12-24)32-21-33(38-37-32)27-15-17-39(18-16-27)23-30-19-29(20-31(30)25-7-3-1-4-8-25)34(35(40)41)28-9-5-2-6-10-28/h1,3-4,7-8,11-14,21,27-31,34H,2,5-6,9-10,15-20,23H2,(H,37,38)(H,40,41). The van der Waals surface area contributed by atoms with E-state index in [2.05, 4.69) is 57.6 Å². The number of carboxylic acid groups (broad SMARTS) is 1. The average Bonchev–Trinajstić information content (AvgIpc) is 3.67. The zero-order valence-corrected chi connectivity index (χ0v) is 23.9. The number of aromatic nitrogens is 2. The van der Waals surface area contributed by atoms with Crippen LogP contribution < -0.4 is 0 Å². The van der Waals surface area contributed by atoms with Gasteiger partial charge in [0.1, 0.15) is 0 Å². The number of aromatic amines is 1. The van der Waals surface area contributed by atoms with Gasteiger partial charge in [0, 0.05) is 23.7 Å². The van der Waals surface area contributed by atoms with E-state index in [-0.39, 0.29) is 11.8 Å². The highest BCUT2D eigenvalue weighted by Gasteiger charge is 2.44. The molecule has 3 fully saturated rings. The summed E-state index contributed by atoms with van der Waals surface area (Å²) >= 11 is 0. The maximum Gasteiger partial charge on any atom is 0.307 e. The molecule has 4 unspecified atom stereocenters. The van der Waals surface area contributed by atoms with Gasteiger partial charge in [-0.3, -0.25) is 9.89 Å². The first-order valence-electron chi connectivity index (χ1n) is 15.6. The van der Waals surface area contributed by atoms with E-state index in [1.807, 2.05) is 24.3 Å². The summed E-state index contributed by atoms with van der Waals surface area (Å²) in [6.07, 6.45) is 10.0. The fourth-order valence-electron chi connectivity index (χ4n) is 8.22. The van der Waals surface area contributed by atoms with Crippen molar-refractivity contribution in [2.24, 2.45) is 23.7 Å². The van der Waals surface area contributed by atoms with Crippen molar-refractivity contribution in [1.29, 1.82) is 5.26 Å². The molecule has 2 saturated carbocycles. The normalized spacial score (nSPS) is 25.1. The van der Waals surface area contributed by atoms with E-state index < -0.39 is 5.97 Å². The number of nitrogens with zero attached hydrogens (tertiary/aromatic N) is 3. The van der Waals surface area contributed by atoms with E-state index in [1.54, 1.807) is 0 Å². The molecule has 0 spiro atoms. The summed E-state index contributed by atoms with van der Waals surface area (Å²) in [7, 11) is 0. The molecular formula is C35H42N4O2. The van der Waals surface area contributed by atoms with E-state index in [0.29, 0.717) is 29.2 Å². The van der Waals surface area contributed by atoms with Gasteiger partial charge in [0.25, 0.3) is 0 Å². The van der Waals surface area contributed by atoms with Crippen molar-refractivity contribution in [3.05, 3.63) is 77.5 Å². The van der Waals surface area contributed by atoms with Crippen molar-refractivity contribution in [2.75, 3.05) is 19.6 Å². The summed E-state index contributed by atoms with van der Waals surface area (Å²) in [5.74, 6) is 1.27. The fraction of sp³-hybridized carbons (Fsp3) is 0.514. The molecule has 4 atom stereocenters. The Kier molecular flexibility index (Phi) is 8.53. The van der Waals surface area contributed by atoms with Crippen LogP contribution in [0.2, 0.25) is 0 Å². The molecule has 2 N–H and O–H groups in total. The first kappa shape index (κ1) is 27.7. The third kappa shape index (κ3) is 6.26. The number of hydrogen-bond donors (Lipinski definition) is 2. The van der Waals surface area contributed by atoms with Gasteiger partial charge in [-0.25, -0.2) is 0 Å². The minimum Gasteiger partial charge on any atom is -0.481 e.